The van der Waals surface area contributed by atoms with Crippen LogP contribution in [0.15, 0.2) is 66.0 Å². The minimum atomic E-state index is -3.17. The van der Waals surface area contributed by atoms with E-state index in [9.17, 15) is 13.2 Å². The lowest BCUT2D eigenvalue weighted by Gasteiger charge is -2.28. The maximum absolute atomic E-state index is 13.6. The second-order valence-electron chi connectivity index (χ2n) is 8.04. The van der Waals surface area contributed by atoms with Crippen molar-refractivity contribution in [1.29, 1.82) is 0 Å². The van der Waals surface area contributed by atoms with Crippen LogP contribution in [0.5, 0.6) is 0 Å². The molecular formula is C24H24ClN3O3S2. The zero-order valence-electron chi connectivity index (χ0n) is 18.1. The summed E-state index contributed by atoms with van der Waals surface area (Å²) in [7, 11) is -3.17. The van der Waals surface area contributed by atoms with Crippen molar-refractivity contribution in [3.63, 3.8) is 0 Å². The third kappa shape index (κ3) is 5.93. The Hall–Kier alpha value is -2.42. The van der Waals surface area contributed by atoms with E-state index in [0.717, 1.165) is 11.1 Å². The summed E-state index contributed by atoms with van der Waals surface area (Å²) in [6, 6.07) is 17.1. The highest BCUT2D eigenvalue weighted by Crippen LogP contribution is 2.27. The minimum Gasteiger partial charge on any atom is -0.329 e. The second kappa shape index (κ2) is 10.2. The van der Waals surface area contributed by atoms with Crippen molar-refractivity contribution in [2.45, 2.75) is 36.8 Å². The van der Waals surface area contributed by atoms with Gasteiger partial charge in [-0.1, -0.05) is 78.0 Å². The summed E-state index contributed by atoms with van der Waals surface area (Å²) in [6.45, 7) is 2.33. The Kier molecular flexibility index (Phi) is 7.36. The maximum atomic E-state index is 13.6. The first-order chi connectivity index (χ1) is 15.8. The van der Waals surface area contributed by atoms with E-state index < -0.39 is 15.9 Å². The van der Waals surface area contributed by atoms with Crippen LogP contribution in [0.4, 0.5) is 0 Å². The van der Waals surface area contributed by atoms with Crippen LogP contribution >= 0.6 is 23.4 Å². The number of sulfone groups is 1. The Morgan fingerprint density at radius 2 is 1.88 bits per heavy atom. The third-order valence-corrected chi connectivity index (χ3v) is 8.59. The largest absolute Gasteiger partial charge is 0.329 e. The van der Waals surface area contributed by atoms with Crippen LogP contribution < -0.4 is 0 Å². The number of amides is 1. The molecule has 3 aromatic rings. The predicted molar refractivity (Wildman–Crippen MR) is 131 cm³/mol. The summed E-state index contributed by atoms with van der Waals surface area (Å²) in [5.74, 6) is 0.302. The fourth-order valence-electron chi connectivity index (χ4n) is 3.79. The zero-order chi connectivity index (χ0) is 23.4. The molecule has 1 aromatic heterocycles. The predicted octanol–water partition coefficient (Wildman–Crippen LogP) is 4.56. The molecule has 0 radical (unpaired) electrons. The first kappa shape index (κ1) is 23.7. The monoisotopic (exact) mass is 501 g/mol. The van der Waals surface area contributed by atoms with Crippen molar-refractivity contribution in [1.82, 2.24) is 14.9 Å². The molecule has 172 valence electrons. The number of aromatic nitrogens is 2. The van der Waals surface area contributed by atoms with Crippen molar-refractivity contribution in [3.05, 3.63) is 88.2 Å². The van der Waals surface area contributed by atoms with Gasteiger partial charge >= 0.3 is 0 Å². The Morgan fingerprint density at radius 1 is 1.15 bits per heavy atom. The molecule has 0 aliphatic carbocycles. The average Bonchev–Trinajstić information content (AvgIpc) is 3.17. The van der Waals surface area contributed by atoms with E-state index in [1.165, 1.54) is 23.5 Å². The van der Waals surface area contributed by atoms with E-state index in [1.54, 1.807) is 4.90 Å². The van der Waals surface area contributed by atoms with E-state index in [4.69, 9.17) is 11.6 Å². The maximum Gasteiger partial charge on any atom is 0.274 e. The van der Waals surface area contributed by atoms with Gasteiger partial charge in [0.1, 0.15) is 0 Å². The zero-order valence-corrected chi connectivity index (χ0v) is 20.5. The van der Waals surface area contributed by atoms with Gasteiger partial charge in [0.25, 0.3) is 5.91 Å². The lowest BCUT2D eigenvalue weighted by Crippen LogP contribution is -2.41. The SMILES string of the molecule is Cc1ccccc1CSc1ncc(Cl)c(C(=O)N(Cc2ccccc2)C2CCS(=O)(=O)C2)n1. The minimum absolute atomic E-state index is 0.0524. The molecular weight excluding hydrogens is 478 g/mol. The normalized spacial score (nSPS) is 17.1. The number of rotatable bonds is 7. The number of nitrogens with zero attached hydrogens (tertiary/aromatic N) is 3. The van der Waals surface area contributed by atoms with Gasteiger partial charge in [0.15, 0.2) is 20.7 Å². The van der Waals surface area contributed by atoms with E-state index in [1.807, 2.05) is 61.5 Å². The molecule has 0 saturated carbocycles. The van der Waals surface area contributed by atoms with Crippen LogP contribution in [0.1, 0.15) is 33.6 Å². The van der Waals surface area contributed by atoms with Crippen molar-refractivity contribution in [3.8, 4) is 0 Å². The van der Waals surface area contributed by atoms with Gasteiger partial charge in [-0.25, -0.2) is 18.4 Å². The molecule has 1 saturated heterocycles. The van der Waals surface area contributed by atoms with E-state index >= 15 is 0 Å². The second-order valence-corrected chi connectivity index (χ2v) is 11.6. The molecule has 33 heavy (non-hydrogen) atoms. The molecule has 6 nitrogen and oxygen atoms in total. The fourth-order valence-corrected chi connectivity index (χ4v) is 6.58. The molecule has 1 unspecified atom stereocenters. The number of benzene rings is 2. The Bertz CT molecular complexity index is 1250. The van der Waals surface area contributed by atoms with Crippen LogP contribution in [-0.4, -0.2) is 46.7 Å². The van der Waals surface area contributed by atoms with Gasteiger partial charge in [-0.15, -0.1) is 0 Å². The van der Waals surface area contributed by atoms with Crippen molar-refractivity contribution >= 4 is 39.1 Å². The molecule has 9 heteroatoms. The fraction of sp³-hybridized carbons (Fsp3) is 0.292. The number of hydrogen-bond acceptors (Lipinski definition) is 6. The van der Waals surface area contributed by atoms with Crippen molar-refractivity contribution in [2.75, 3.05) is 11.5 Å². The summed E-state index contributed by atoms with van der Waals surface area (Å²) in [5.41, 5.74) is 3.34. The summed E-state index contributed by atoms with van der Waals surface area (Å²) in [5, 5.41) is 0.601. The van der Waals surface area contributed by atoms with Crippen molar-refractivity contribution < 1.29 is 13.2 Å². The number of halogens is 1. The van der Waals surface area contributed by atoms with E-state index in [0.29, 0.717) is 17.3 Å². The number of hydrogen-bond donors (Lipinski definition) is 0. The summed E-state index contributed by atoms with van der Waals surface area (Å²) >= 11 is 7.77. The van der Waals surface area contributed by atoms with Gasteiger partial charge in [0.2, 0.25) is 0 Å². The van der Waals surface area contributed by atoms with Crippen LogP contribution in [0.2, 0.25) is 5.02 Å². The van der Waals surface area contributed by atoms with Crippen LogP contribution in [-0.2, 0) is 22.1 Å². The Labute approximate surface area is 203 Å². The molecule has 1 amide bonds. The molecule has 2 heterocycles. The highest BCUT2D eigenvalue weighted by Gasteiger charge is 2.36. The van der Waals surface area contributed by atoms with Gasteiger partial charge in [-0.3, -0.25) is 4.79 Å². The van der Waals surface area contributed by atoms with E-state index in [2.05, 4.69) is 9.97 Å². The third-order valence-electron chi connectivity index (χ3n) is 5.65. The summed E-state index contributed by atoms with van der Waals surface area (Å²) < 4.78 is 24.3. The van der Waals surface area contributed by atoms with E-state index in [-0.39, 0.29) is 34.7 Å². The number of carbonyl (C=O) groups is 1. The molecule has 1 aliphatic rings. The smallest absolute Gasteiger partial charge is 0.274 e. The molecule has 2 aromatic carbocycles. The van der Waals surface area contributed by atoms with Gasteiger partial charge in [0, 0.05) is 18.3 Å². The molecule has 0 bridgehead atoms. The topological polar surface area (TPSA) is 80.2 Å². The number of thioether (sulfide) groups is 1. The standard InChI is InChI=1S/C24H24ClN3O3S2/c1-17-7-5-6-10-19(17)15-32-24-26-13-21(25)22(27-24)23(29)28(14-18-8-3-2-4-9-18)20-11-12-33(30,31)16-20/h2-10,13,20H,11-12,14-16H2,1H3. The molecule has 1 fully saturated rings. The molecule has 0 N–H and O–H groups in total. The van der Waals surface area contributed by atoms with Gasteiger partial charge in [-0.2, -0.15) is 0 Å². The Morgan fingerprint density at radius 3 is 2.58 bits per heavy atom. The number of carbonyl (C=O) groups excluding carboxylic acids is 1. The van der Waals surface area contributed by atoms with Gasteiger partial charge in [0.05, 0.1) is 22.7 Å². The summed E-state index contributed by atoms with van der Waals surface area (Å²) in [4.78, 5) is 23.9. The van der Waals surface area contributed by atoms with Crippen molar-refractivity contribution in [2.24, 2.45) is 0 Å². The summed E-state index contributed by atoms with van der Waals surface area (Å²) in [6.07, 6.45) is 1.84. The van der Waals surface area contributed by atoms with Crippen LogP contribution in [0, 0.1) is 6.92 Å². The first-order valence-electron chi connectivity index (χ1n) is 10.6. The van der Waals surface area contributed by atoms with Gasteiger partial charge < -0.3 is 4.90 Å². The van der Waals surface area contributed by atoms with Gasteiger partial charge in [-0.05, 0) is 30.0 Å². The molecule has 0 spiro atoms. The van der Waals surface area contributed by atoms with Crippen LogP contribution in [0.3, 0.4) is 0 Å². The Balaban J connectivity index is 1.59. The van der Waals surface area contributed by atoms with Crippen LogP contribution in [0.25, 0.3) is 0 Å². The molecule has 1 atom stereocenters. The first-order valence-corrected chi connectivity index (χ1v) is 13.8. The highest BCUT2D eigenvalue weighted by atomic mass is 35.5. The molecule has 4 rings (SSSR count). The lowest BCUT2D eigenvalue weighted by atomic mass is 10.1. The lowest BCUT2D eigenvalue weighted by molar-refractivity contribution is 0.0674. The quantitative estimate of drug-likeness (QED) is 0.349. The average molecular weight is 502 g/mol. The molecule has 1 aliphatic heterocycles. The highest BCUT2D eigenvalue weighted by molar-refractivity contribution is 7.98. The number of aryl methyl sites for hydroxylation is 1.